The van der Waals surface area contributed by atoms with Crippen LogP contribution in [0.25, 0.3) is 44.4 Å². The van der Waals surface area contributed by atoms with Crippen LogP contribution in [-0.2, 0) is 6.54 Å². The number of aromatic amines is 1. The topological polar surface area (TPSA) is 92.0 Å². The quantitative estimate of drug-likeness (QED) is 0.378. The first-order valence-corrected chi connectivity index (χ1v) is 10.4. The SMILES string of the molecule is NCc1ccc(-c2nc3c(-c4ccccc4O)c[nH]c(=O)c3cc2-c2ccccc2)cc1. The summed E-state index contributed by atoms with van der Waals surface area (Å²) >= 11 is 0. The van der Waals surface area contributed by atoms with Crippen LogP contribution in [0.15, 0.2) is 95.9 Å². The molecule has 5 aromatic rings. The molecule has 0 fully saturated rings. The molecular weight excluding hydrogens is 398 g/mol. The largest absolute Gasteiger partial charge is 0.507 e. The van der Waals surface area contributed by atoms with Gasteiger partial charge in [0.25, 0.3) is 5.56 Å². The molecule has 0 aliphatic rings. The van der Waals surface area contributed by atoms with Crippen LogP contribution in [0.4, 0.5) is 0 Å². The van der Waals surface area contributed by atoms with Gasteiger partial charge in [0, 0.05) is 35.0 Å². The summed E-state index contributed by atoms with van der Waals surface area (Å²) < 4.78 is 0. The molecule has 0 saturated heterocycles. The number of nitrogens with zero attached hydrogens (tertiary/aromatic N) is 1. The van der Waals surface area contributed by atoms with E-state index >= 15 is 0 Å². The van der Waals surface area contributed by atoms with Crippen LogP contribution in [-0.4, -0.2) is 15.1 Å². The highest BCUT2D eigenvalue weighted by Crippen LogP contribution is 2.37. The lowest BCUT2D eigenvalue weighted by Crippen LogP contribution is -2.08. The Morgan fingerprint density at radius 2 is 1.53 bits per heavy atom. The minimum Gasteiger partial charge on any atom is -0.507 e. The second-order valence-corrected chi connectivity index (χ2v) is 7.60. The van der Waals surface area contributed by atoms with Crippen LogP contribution < -0.4 is 11.3 Å². The van der Waals surface area contributed by atoms with Gasteiger partial charge >= 0.3 is 0 Å². The molecule has 0 saturated carbocycles. The Bertz CT molecular complexity index is 1470. The number of rotatable bonds is 4. The molecule has 0 bridgehead atoms. The zero-order chi connectivity index (χ0) is 22.1. The summed E-state index contributed by atoms with van der Waals surface area (Å²) in [6.45, 7) is 0.462. The minimum atomic E-state index is -0.228. The fourth-order valence-electron chi connectivity index (χ4n) is 3.94. The maximum absolute atomic E-state index is 12.8. The Labute approximate surface area is 184 Å². The van der Waals surface area contributed by atoms with Gasteiger partial charge in [0.15, 0.2) is 0 Å². The smallest absolute Gasteiger partial charge is 0.257 e. The molecular formula is C27H21N3O2. The Kier molecular flexibility index (Phi) is 5.01. The first-order chi connectivity index (χ1) is 15.7. The van der Waals surface area contributed by atoms with Crippen molar-refractivity contribution in [1.82, 2.24) is 9.97 Å². The number of aromatic hydroxyl groups is 1. The van der Waals surface area contributed by atoms with Crippen molar-refractivity contribution in [3.63, 3.8) is 0 Å². The number of nitrogens with one attached hydrogen (secondary N) is 1. The van der Waals surface area contributed by atoms with E-state index in [9.17, 15) is 9.90 Å². The fourth-order valence-corrected chi connectivity index (χ4v) is 3.94. The molecule has 5 heteroatoms. The second-order valence-electron chi connectivity index (χ2n) is 7.60. The van der Waals surface area contributed by atoms with Crippen LogP contribution in [0.1, 0.15) is 5.56 Å². The van der Waals surface area contributed by atoms with Crippen LogP contribution in [0.5, 0.6) is 5.75 Å². The van der Waals surface area contributed by atoms with E-state index in [2.05, 4.69) is 4.98 Å². The average Bonchev–Trinajstić information content (AvgIpc) is 2.85. The summed E-state index contributed by atoms with van der Waals surface area (Å²) in [7, 11) is 0. The summed E-state index contributed by atoms with van der Waals surface area (Å²) in [6, 6.07) is 26.8. The second kappa shape index (κ2) is 8.13. The van der Waals surface area contributed by atoms with Gasteiger partial charge in [-0.3, -0.25) is 4.79 Å². The summed E-state index contributed by atoms with van der Waals surface area (Å²) in [4.78, 5) is 20.6. The molecule has 2 aromatic heterocycles. The van der Waals surface area contributed by atoms with Gasteiger partial charge < -0.3 is 15.8 Å². The predicted molar refractivity (Wildman–Crippen MR) is 128 cm³/mol. The van der Waals surface area contributed by atoms with Crippen molar-refractivity contribution in [3.05, 3.63) is 107 Å². The Balaban J connectivity index is 1.86. The van der Waals surface area contributed by atoms with Gasteiger partial charge in [-0.25, -0.2) is 4.98 Å². The van der Waals surface area contributed by atoms with E-state index in [-0.39, 0.29) is 11.3 Å². The Morgan fingerprint density at radius 3 is 2.25 bits per heavy atom. The van der Waals surface area contributed by atoms with Crippen molar-refractivity contribution in [2.24, 2.45) is 5.73 Å². The van der Waals surface area contributed by atoms with Gasteiger partial charge in [-0.05, 0) is 23.3 Å². The zero-order valence-corrected chi connectivity index (χ0v) is 17.2. The molecule has 0 spiro atoms. The lowest BCUT2D eigenvalue weighted by atomic mass is 9.95. The monoisotopic (exact) mass is 419 g/mol. The number of aromatic nitrogens is 2. The third-order valence-electron chi connectivity index (χ3n) is 5.61. The maximum Gasteiger partial charge on any atom is 0.257 e. The molecule has 32 heavy (non-hydrogen) atoms. The summed E-state index contributed by atoms with van der Waals surface area (Å²) in [5.74, 6) is 0.128. The molecule has 5 nitrogen and oxygen atoms in total. The number of phenols is 1. The van der Waals surface area contributed by atoms with Gasteiger partial charge in [-0.15, -0.1) is 0 Å². The average molecular weight is 419 g/mol. The van der Waals surface area contributed by atoms with E-state index < -0.39 is 0 Å². The van der Waals surface area contributed by atoms with E-state index in [1.54, 1.807) is 18.3 Å². The number of pyridine rings is 2. The van der Waals surface area contributed by atoms with E-state index in [0.717, 1.165) is 27.9 Å². The van der Waals surface area contributed by atoms with Crippen LogP contribution in [0.3, 0.4) is 0 Å². The summed E-state index contributed by atoms with van der Waals surface area (Å²) in [6.07, 6.45) is 1.61. The minimum absolute atomic E-state index is 0.128. The van der Waals surface area contributed by atoms with Gasteiger partial charge in [-0.2, -0.15) is 0 Å². The molecule has 0 aliphatic heterocycles. The highest BCUT2D eigenvalue weighted by Gasteiger charge is 2.17. The molecule has 2 heterocycles. The van der Waals surface area contributed by atoms with Crippen molar-refractivity contribution >= 4 is 10.9 Å². The Hall–Kier alpha value is -4.22. The number of H-pyrrole nitrogens is 1. The zero-order valence-electron chi connectivity index (χ0n) is 17.2. The van der Waals surface area contributed by atoms with E-state index in [1.165, 1.54) is 0 Å². The first-order valence-electron chi connectivity index (χ1n) is 10.4. The third-order valence-corrected chi connectivity index (χ3v) is 5.61. The van der Waals surface area contributed by atoms with Crippen LogP contribution in [0, 0.1) is 0 Å². The Morgan fingerprint density at radius 1 is 0.812 bits per heavy atom. The first kappa shape index (κ1) is 19.7. The molecule has 0 aliphatic carbocycles. The van der Waals surface area contributed by atoms with Crippen LogP contribution >= 0.6 is 0 Å². The maximum atomic E-state index is 12.8. The normalized spacial score (nSPS) is 11.0. The number of para-hydroxylation sites is 1. The summed E-state index contributed by atoms with van der Waals surface area (Å²) in [5.41, 5.74) is 11.9. The number of hydrogen-bond donors (Lipinski definition) is 3. The number of fused-ring (bicyclic) bond motifs is 1. The van der Waals surface area contributed by atoms with Gasteiger partial charge in [0.05, 0.1) is 16.6 Å². The molecule has 0 atom stereocenters. The third kappa shape index (κ3) is 3.45. The molecule has 4 N–H and O–H groups in total. The van der Waals surface area contributed by atoms with E-state index in [4.69, 9.17) is 10.7 Å². The van der Waals surface area contributed by atoms with Crippen molar-refractivity contribution < 1.29 is 5.11 Å². The standard InChI is InChI=1S/C27H21N3O2/c28-15-17-10-12-19(13-11-17)25-21(18-6-2-1-3-7-18)14-22-26(30-25)23(16-29-27(22)32)20-8-4-5-9-24(20)31/h1-14,16,31H,15,28H2,(H,29,32). The summed E-state index contributed by atoms with van der Waals surface area (Å²) in [5, 5.41) is 10.9. The highest BCUT2D eigenvalue weighted by molar-refractivity contribution is 5.99. The molecule has 0 radical (unpaired) electrons. The molecule has 0 amide bonds. The highest BCUT2D eigenvalue weighted by atomic mass is 16.3. The molecule has 3 aromatic carbocycles. The van der Waals surface area contributed by atoms with Crippen molar-refractivity contribution in [3.8, 4) is 39.3 Å². The van der Waals surface area contributed by atoms with Crippen molar-refractivity contribution in [2.75, 3.05) is 0 Å². The van der Waals surface area contributed by atoms with E-state index in [0.29, 0.717) is 28.6 Å². The lowest BCUT2D eigenvalue weighted by Gasteiger charge is -2.14. The van der Waals surface area contributed by atoms with Gasteiger partial charge in [0.1, 0.15) is 5.75 Å². The number of nitrogens with two attached hydrogens (primary N) is 1. The van der Waals surface area contributed by atoms with Gasteiger partial charge in [0.2, 0.25) is 0 Å². The van der Waals surface area contributed by atoms with Crippen molar-refractivity contribution in [1.29, 1.82) is 0 Å². The molecule has 5 rings (SSSR count). The molecule has 156 valence electrons. The van der Waals surface area contributed by atoms with Crippen LogP contribution in [0.2, 0.25) is 0 Å². The lowest BCUT2D eigenvalue weighted by molar-refractivity contribution is 0.477. The van der Waals surface area contributed by atoms with Crippen molar-refractivity contribution in [2.45, 2.75) is 6.54 Å². The predicted octanol–water partition coefficient (Wildman–Crippen LogP) is 5.09. The molecule has 0 unspecified atom stereocenters. The van der Waals surface area contributed by atoms with Gasteiger partial charge in [-0.1, -0.05) is 72.8 Å². The number of benzene rings is 3. The number of hydrogen-bond acceptors (Lipinski definition) is 4. The fraction of sp³-hybridized carbons (Fsp3) is 0.0370. The number of phenolic OH excluding ortho intramolecular Hbond substituents is 1. The van der Waals surface area contributed by atoms with E-state index in [1.807, 2.05) is 72.8 Å².